The summed E-state index contributed by atoms with van der Waals surface area (Å²) in [6, 6.07) is 6.83. The third-order valence-electron chi connectivity index (χ3n) is 3.72. The average Bonchev–Trinajstić information content (AvgIpc) is 2.51. The van der Waals surface area contributed by atoms with Gasteiger partial charge in [-0.2, -0.15) is 0 Å². The van der Waals surface area contributed by atoms with Crippen LogP contribution in [0.3, 0.4) is 0 Å². The molecule has 1 amide bonds. The van der Waals surface area contributed by atoms with Gasteiger partial charge in [-0.25, -0.2) is 13.1 Å². The molecule has 128 valence electrons. The largest absolute Gasteiger partial charge is 0.482 e. The molecule has 1 aliphatic heterocycles. The number of halogens is 1. The van der Waals surface area contributed by atoms with Gasteiger partial charge in [-0.15, -0.1) is 0 Å². The molecule has 1 heterocycles. The van der Waals surface area contributed by atoms with E-state index in [0.29, 0.717) is 17.3 Å². The molecule has 1 atom stereocenters. The highest BCUT2D eigenvalue weighted by molar-refractivity contribution is 7.88. The van der Waals surface area contributed by atoms with Crippen LogP contribution in [0.2, 0.25) is 5.02 Å². The average molecular weight is 361 g/mol. The van der Waals surface area contributed by atoms with Crippen LogP contribution < -0.4 is 9.46 Å². The van der Waals surface area contributed by atoms with Crippen LogP contribution in [-0.4, -0.2) is 51.2 Å². The summed E-state index contributed by atoms with van der Waals surface area (Å²) in [5.41, 5.74) is 0. The summed E-state index contributed by atoms with van der Waals surface area (Å²) in [5, 5.41) is 0.453. The van der Waals surface area contributed by atoms with Crippen molar-refractivity contribution in [2.75, 3.05) is 26.0 Å². The number of carbonyl (C=O) groups excluding carboxylic acids is 1. The molecule has 2 rings (SSSR count). The zero-order valence-corrected chi connectivity index (χ0v) is 14.6. The van der Waals surface area contributed by atoms with Crippen LogP contribution in [0.4, 0.5) is 0 Å². The Bertz CT molecular complexity index is 651. The molecule has 1 aliphatic rings. The monoisotopic (exact) mass is 360 g/mol. The molecule has 1 saturated heterocycles. The summed E-state index contributed by atoms with van der Waals surface area (Å²) in [6.07, 6.45) is 3.78. The van der Waals surface area contributed by atoms with Crippen LogP contribution in [0.25, 0.3) is 0 Å². The summed E-state index contributed by atoms with van der Waals surface area (Å²) in [5.74, 6) is 0.301. The van der Waals surface area contributed by atoms with E-state index >= 15 is 0 Å². The molecule has 0 saturated carbocycles. The number of carbonyl (C=O) groups is 1. The fourth-order valence-electron chi connectivity index (χ4n) is 2.57. The Hall–Kier alpha value is -1.31. The first kappa shape index (κ1) is 18.0. The minimum Gasteiger partial charge on any atom is -0.482 e. The van der Waals surface area contributed by atoms with Crippen molar-refractivity contribution >= 4 is 27.5 Å². The lowest BCUT2D eigenvalue weighted by Gasteiger charge is -2.35. The number of ether oxygens (including phenoxy) is 1. The second-order valence-corrected chi connectivity index (χ2v) is 7.82. The SMILES string of the molecule is CS(=O)(=O)NC[C@@H]1CCCCN1C(=O)COc1ccccc1Cl. The van der Waals surface area contributed by atoms with Crippen molar-refractivity contribution in [1.82, 2.24) is 9.62 Å². The van der Waals surface area contributed by atoms with E-state index < -0.39 is 10.0 Å². The predicted octanol–water partition coefficient (Wildman–Crippen LogP) is 1.65. The highest BCUT2D eigenvalue weighted by Gasteiger charge is 2.27. The molecule has 23 heavy (non-hydrogen) atoms. The molecule has 6 nitrogen and oxygen atoms in total. The number of hydrogen-bond acceptors (Lipinski definition) is 4. The van der Waals surface area contributed by atoms with Gasteiger partial charge in [0.2, 0.25) is 10.0 Å². The first-order valence-electron chi connectivity index (χ1n) is 7.48. The summed E-state index contributed by atoms with van der Waals surface area (Å²) in [6.45, 7) is 0.733. The zero-order valence-electron chi connectivity index (χ0n) is 13.0. The maximum atomic E-state index is 12.4. The fraction of sp³-hybridized carbons (Fsp3) is 0.533. The lowest BCUT2D eigenvalue weighted by atomic mass is 10.0. The molecule has 1 aromatic rings. The van der Waals surface area contributed by atoms with E-state index in [1.807, 2.05) is 0 Å². The number of nitrogens with one attached hydrogen (secondary N) is 1. The van der Waals surface area contributed by atoms with Gasteiger partial charge in [0.05, 0.1) is 11.3 Å². The van der Waals surface area contributed by atoms with E-state index in [-0.39, 0.29) is 25.1 Å². The van der Waals surface area contributed by atoms with Gasteiger partial charge in [0.1, 0.15) is 5.75 Å². The normalized spacial score (nSPS) is 18.7. The minimum absolute atomic E-state index is 0.112. The highest BCUT2D eigenvalue weighted by atomic mass is 35.5. The molecule has 8 heteroatoms. The lowest BCUT2D eigenvalue weighted by Crippen LogP contribution is -2.50. The fourth-order valence-corrected chi connectivity index (χ4v) is 3.26. The van der Waals surface area contributed by atoms with Crippen molar-refractivity contribution < 1.29 is 17.9 Å². The summed E-state index contributed by atoms with van der Waals surface area (Å²) >= 11 is 6.00. The van der Waals surface area contributed by atoms with E-state index in [2.05, 4.69) is 4.72 Å². The van der Waals surface area contributed by atoms with Gasteiger partial charge in [0.15, 0.2) is 6.61 Å². The molecule has 1 fully saturated rings. The van der Waals surface area contributed by atoms with E-state index in [0.717, 1.165) is 25.5 Å². The van der Waals surface area contributed by atoms with Crippen LogP contribution in [-0.2, 0) is 14.8 Å². The molecule has 0 radical (unpaired) electrons. The third-order valence-corrected chi connectivity index (χ3v) is 4.72. The second-order valence-electron chi connectivity index (χ2n) is 5.58. The first-order chi connectivity index (χ1) is 10.9. The van der Waals surface area contributed by atoms with Crippen LogP contribution in [0.5, 0.6) is 5.75 Å². The van der Waals surface area contributed by atoms with E-state index in [4.69, 9.17) is 16.3 Å². The van der Waals surface area contributed by atoms with Gasteiger partial charge in [-0.3, -0.25) is 4.79 Å². The number of amides is 1. The third kappa shape index (κ3) is 5.67. The molecule has 0 spiro atoms. The Morgan fingerprint density at radius 2 is 2.13 bits per heavy atom. The standard InChI is InChI=1S/C15H21ClN2O4S/c1-23(20,21)17-10-12-6-4-5-9-18(12)15(19)11-22-14-8-3-2-7-13(14)16/h2-3,7-8,12,17H,4-6,9-11H2,1H3/t12-/m0/s1. The molecule has 1 N–H and O–H groups in total. The number of para-hydroxylation sites is 1. The van der Waals surface area contributed by atoms with Crippen molar-refractivity contribution in [3.63, 3.8) is 0 Å². The van der Waals surface area contributed by atoms with Gasteiger partial charge >= 0.3 is 0 Å². The molecule has 0 bridgehead atoms. The van der Waals surface area contributed by atoms with Crippen molar-refractivity contribution in [2.45, 2.75) is 25.3 Å². The van der Waals surface area contributed by atoms with E-state index in [1.165, 1.54) is 0 Å². The van der Waals surface area contributed by atoms with Gasteiger partial charge in [-0.1, -0.05) is 23.7 Å². The molecular formula is C15H21ClN2O4S. The zero-order chi connectivity index (χ0) is 16.9. The molecule has 0 aromatic heterocycles. The topological polar surface area (TPSA) is 75.7 Å². The predicted molar refractivity (Wildman–Crippen MR) is 89.1 cm³/mol. The number of rotatable bonds is 6. The number of benzene rings is 1. The minimum atomic E-state index is -3.27. The Morgan fingerprint density at radius 3 is 2.83 bits per heavy atom. The maximum Gasteiger partial charge on any atom is 0.260 e. The number of nitrogens with zero attached hydrogens (tertiary/aromatic N) is 1. The van der Waals surface area contributed by atoms with Crippen molar-refractivity contribution in [3.8, 4) is 5.75 Å². The Labute approximate surface area is 141 Å². The highest BCUT2D eigenvalue weighted by Crippen LogP contribution is 2.23. The molecule has 0 unspecified atom stereocenters. The van der Waals surface area contributed by atoms with Crippen LogP contribution in [0.1, 0.15) is 19.3 Å². The molecule has 0 aliphatic carbocycles. The van der Waals surface area contributed by atoms with Crippen molar-refractivity contribution in [3.05, 3.63) is 29.3 Å². The van der Waals surface area contributed by atoms with Gasteiger partial charge in [-0.05, 0) is 31.4 Å². The maximum absolute atomic E-state index is 12.4. The van der Waals surface area contributed by atoms with Crippen LogP contribution in [0.15, 0.2) is 24.3 Å². The van der Waals surface area contributed by atoms with Crippen LogP contribution in [0, 0.1) is 0 Å². The molecular weight excluding hydrogens is 340 g/mol. The van der Waals surface area contributed by atoms with Gasteiger partial charge < -0.3 is 9.64 Å². The quantitative estimate of drug-likeness (QED) is 0.837. The van der Waals surface area contributed by atoms with E-state index in [9.17, 15) is 13.2 Å². The van der Waals surface area contributed by atoms with Crippen LogP contribution >= 0.6 is 11.6 Å². The number of piperidine rings is 1. The lowest BCUT2D eigenvalue weighted by molar-refractivity contribution is -0.136. The first-order valence-corrected chi connectivity index (χ1v) is 9.75. The van der Waals surface area contributed by atoms with Crippen molar-refractivity contribution in [2.24, 2.45) is 0 Å². The Morgan fingerprint density at radius 1 is 1.39 bits per heavy atom. The summed E-state index contributed by atoms with van der Waals surface area (Å²) in [7, 11) is -3.27. The molecule has 1 aromatic carbocycles. The summed E-state index contributed by atoms with van der Waals surface area (Å²) < 4.78 is 30.4. The van der Waals surface area contributed by atoms with Crippen molar-refractivity contribution in [1.29, 1.82) is 0 Å². The number of sulfonamides is 1. The second kappa shape index (κ2) is 7.99. The van der Waals surface area contributed by atoms with Gasteiger partial charge in [0.25, 0.3) is 5.91 Å². The Balaban J connectivity index is 1.94. The summed E-state index contributed by atoms with van der Waals surface area (Å²) in [4.78, 5) is 14.1. The van der Waals surface area contributed by atoms with Gasteiger partial charge in [0, 0.05) is 19.1 Å². The smallest absolute Gasteiger partial charge is 0.260 e. The Kier molecular flexibility index (Phi) is 6.26. The number of likely N-dealkylation sites (tertiary alicyclic amines) is 1. The number of hydrogen-bond donors (Lipinski definition) is 1. The van der Waals surface area contributed by atoms with E-state index in [1.54, 1.807) is 29.2 Å².